The summed E-state index contributed by atoms with van der Waals surface area (Å²) in [5.74, 6) is 2.00. The molecule has 0 bridgehead atoms. The van der Waals surface area contributed by atoms with Crippen molar-refractivity contribution in [1.82, 2.24) is 4.98 Å². The molecule has 2 heterocycles. The lowest BCUT2D eigenvalue weighted by Crippen LogP contribution is -2.34. The number of ether oxygens (including phenoxy) is 2. The van der Waals surface area contributed by atoms with E-state index >= 15 is 0 Å². The molecule has 1 aromatic carbocycles. The van der Waals surface area contributed by atoms with E-state index in [1.54, 1.807) is 7.11 Å². The van der Waals surface area contributed by atoms with Gasteiger partial charge < -0.3 is 19.2 Å². The van der Waals surface area contributed by atoms with Gasteiger partial charge >= 0.3 is 0 Å². The molecule has 1 fully saturated rings. The second-order valence-electron chi connectivity index (χ2n) is 6.68. The molecule has 26 heavy (non-hydrogen) atoms. The largest absolute Gasteiger partial charge is 0.491 e. The van der Waals surface area contributed by atoms with Crippen LogP contribution in [0.1, 0.15) is 18.4 Å². The van der Waals surface area contributed by atoms with E-state index in [2.05, 4.69) is 35.0 Å². The van der Waals surface area contributed by atoms with Gasteiger partial charge in [-0.15, -0.1) is 0 Å². The smallest absolute Gasteiger partial charge is 0.129 e. The lowest BCUT2D eigenvalue weighted by Gasteiger charge is -2.30. The third-order valence-corrected chi connectivity index (χ3v) is 4.88. The second-order valence-corrected chi connectivity index (χ2v) is 6.68. The molecule has 2 aromatic rings. The van der Waals surface area contributed by atoms with Crippen molar-refractivity contribution in [2.75, 3.05) is 38.3 Å². The molecular formula is C21H26N2O3. The van der Waals surface area contributed by atoms with Crippen LogP contribution in [0.4, 0.5) is 5.82 Å². The van der Waals surface area contributed by atoms with Crippen LogP contribution in [0.2, 0.25) is 0 Å². The van der Waals surface area contributed by atoms with Crippen LogP contribution in [0.15, 0.2) is 36.5 Å². The summed E-state index contributed by atoms with van der Waals surface area (Å²) >= 11 is 0. The summed E-state index contributed by atoms with van der Waals surface area (Å²) in [7, 11) is 1.67. The summed E-state index contributed by atoms with van der Waals surface area (Å²) in [5, 5.41) is 0. The van der Waals surface area contributed by atoms with E-state index in [9.17, 15) is 4.79 Å². The Labute approximate surface area is 155 Å². The monoisotopic (exact) mass is 354 g/mol. The maximum atomic E-state index is 11.0. The molecule has 0 radical (unpaired) electrons. The number of anilines is 1. The van der Waals surface area contributed by atoms with Crippen molar-refractivity contribution in [2.45, 2.75) is 19.8 Å². The van der Waals surface area contributed by atoms with E-state index in [0.29, 0.717) is 13.2 Å². The fraction of sp³-hybridized carbons (Fsp3) is 0.429. The maximum absolute atomic E-state index is 11.0. The van der Waals surface area contributed by atoms with E-state index in [1.165, 1.54) is 5.56 Å². The Hall–Kier alpha value is -2.40. The number of pyridine rings is 1. The molecule has 1 saturated heterocycles. The molecule has 0 amide bonds. The highest BCUT2D eigenvalue weighted by Gasteiger charge is 2.20. The van der Waals surface area contributed by atoms with Crippen molar-refractivity contribution in [1.29, 1.82) is 0 Å². The molecule has 138 valence electrons. The Kier molecular flexibility index (Phi) is 6.23. The molecule has 5 nitrogen and oxygen atoms in total. The summed E-state index contributed by atoms with van der Waals surface area (Å²) in [6.45, 7) is 4.95. The number of hydrogen-bond donors (Lipinski definition) is 0. The Bertz CT molecular complexity index is 740. The van der Waals surface area contributed by atoms with Crippen LogP contribution >= 0.6 is 0 Å². The van der Waals surface area contributed by atoms with E-state index in [1.807, 2.05) is 18.3 Å². The number of aryl methyl sites for hydroxylation is 1. The number of benzene rings is 1. The zero-order chi connectivity index (χ0) is 18.4. The number of methoxy groups -OCH3 is 1. The van der Waals surface area contributed by atoms with Gasteiger partial charge in [0, 0.05) is 32.3 Å². The number of carbonyl (C=O) groups is 1. The quantitative estimate of drug-likeness (QED) is 0.563. The van der Waals surface area contributed by atoms with Gasteiger partial charge in [-0.05, 0) is 60.7 Å². The first-order chi connectivity index (χ1) is 12.7. The van der Waals surface area contributed by atoms with Crippen molar-refractivity contribution in [3.63, 3.8) is 0 Å². The van der Waals surface area contributed by atoms with E-state index in [-0.39, 0.29) is 5.92 Å². The third kappa shape index (κ3) is 4.41. The molecule has 0 unspecified atom stereocenters. The van der Waals surface area contributed by atoms with Gasteiger partial charge in [0.1, 0.15) is 24.5 Å². The number of rotatable bonds is 7. The second kappa shape index (κ2) is 8.81. The van der Waals surface area contributed by atoms with Gasteiger partial charge in [0.25, 0.3) is 0 Å². The predicted octanol–water partition coefficient (Wildman–Crippen LogP) is 3.50. The minimum Gasteiger partial charge on any atom is -0.491 e. The summed E-state index contributed by atoms with van der Waals surface area (Å²) < 4.78 is 10.8. The predicted molar refractivity (Wildman–Crippen MR) is 103 cm³/mol. The van der Waals surface area contributed by atoms with Crippen molar-refractivity contribution < 1.29 is 14.3 Å². The lowest BCUT2D eigenvalue weighted by molar-refractivity contribution is -0.111. The van der Waals surface area contributed by atoms with Crippen LogP contribution in [-0.2, 0) is 9.53 Å². The zero-order valence-corrected chi connectivity index (χ0v) is 15.5. The SMILES string of the molecule is COCCOc1ccc(C)c(-c2ccnc(N3CCC(C=O)CC3)c2)c1. The number of nitrogens with zero attached hydrogens (tertiary/aromatic N) is 2. The fourth-order valence-corrected chi connectivity index (χ4v) is 3.27. The molecule has 0 N–H and O–H groups in total. The minimum absolute atomic E-state index is 0.192. The van der Waals surface area contributed by atoms with Crippen molar-refractivity contribution in [3.8, 4) is 16.9 Å². The van der Waals surface area contributed by atoms with Gasteiger partial charge in [-0.3, -0.25) is 0 Å². The topological polar surface area (TPSA) is 51.7 Å². The number of piperidine rings is 1. The van der Waals surface area contributed by atoms with Gasteiger partial charge in [-0.2, -0.15) is 0 Å². The Balaban J connectivity index is 1.79. The highest BCUT2D eigenvalue weighted by atomic mass is 16.5. The first kappa shape index (κ1) is 18.4. The number of aromatic nitrogens is 1. The van der Waals surface area contributed by atoms with Crippen LogP contribution in [0.25, 0.3) is 11.1 Å². The summed E-state index contributed by atoms with van der Waals surface area (Å²) in [6.07, 6.45) is 4.74. The van der Waals surface area contributed by atoms with Crippen LogP contribution in [-0.4, -0.2) is 44.7 Å². The average molecular weight is 354 g/mol. The molecule has 0 aliphatic carbocycles. The Morgan fingerprint density at radius 3 is 2.73 bits per heavy atom. The third-order valence-electron chi connectivity index (χ3n) is 4.88. The molecule has 1 aliphatic heterocycles. The van der Waals surface area contributed by atoms with E-state index in [0.717, 1.165) is 54.9 Å². The lowest BCUT2D eigenvalue weighted by atomic mass is 9.98. The van der Waals surface area contributed by atoms with Gasteiger partial charge in [-0.1, -0.05) is 6.07 Å². The maximum Gasteiger partial charge on any atom is 0.129 e. The van der Waals surface area contributed by atoms with E-state index < -0.39 is 0 Å². The van der Waals surface area contributed by atoms with Gasteiger partial charge in [0.05, 0.1) is 6.61 Å². The van der Waals surface area contributed by atoms with Crippen LogP contribution in [0.5, 0.6) is 5.75 Å². The van der Waals surface area contributed by atoms with Gasteiger partial charge in [-0.25, -0.2) is 4.98 Å². The molecule has 1 aromatic heterocycles. The first-order valence-corrected chi connectivity index (χ1v) is 9.10. The fourth-order valence-electron chi connectivity index (χ4n) is 3.27. The molecule has 0 saturated carbocycles. The van der Waals surface area contributed by atoms with Crippen molar-refractivity contribution in [3.05, 3.63) is 42.1 Å². The van der Waals surface area contributed by atoms with Crippen molar-refractivity contribution >= 4 is 12.1 Å². The zero-order valence-electron chi connectivity index (χ0n) is 15.5. The number of carbonyl (C=O) groups excluding carboxylic acids is 1. The molecule has 0 spiro atoms. The molecule has 3 rings (SSSR count). The minimum atomic E-state index is 0.192. The first-order valence-electron chi connectivity index (χ1n) is 9.10. The van der Waals surface area contributed by atoms with Crippen molar-refractivity contribution in [2.24, 2.45) is 5.92 Å². The Morgan fingerprint density at radius 1 is 1.19 bits per heavy atom. The summed E-state index contributed by atoms with van der Waals surface area (Å²) in [6, 6.07) is 10.3. The molecule has 0 atom stereocenters. The standard InChI is InChI=1S/C21H26N2O3/c1-16-3-4-19(26-12-11-25-2)14-20(16)18-5-8-22-21(13-18)23-9-6-17(15-24)7-10-23/h3-5,8,13-15,17H,6-7,9-12H2,1-2H3. The van der Waals surface area contributed by atoms with Crippen LogP contribution < -0.4 is 9.64 Å². The van der Waals surface area contributed by atoms with Gasteiger partial charge in [0.15, 0.2) is 0 Å². The highest BCUT2D eigenvalue weighted by molar-refractivity contribution is 5.71. The van der Waals surface area contributed by atoms with E-state index in [4.69, 9.17) is 9.47 Å². The van der Waals surface area contributed by atoms with Gasteiger partial charge in [0.2, 0.25) is 0 Å². The van der Waals surface area contributed by atoms with Crippen LogP contribution in [0.3, 0.4) is 0 Å². The summed E-state index contributed by atoms with van der Waals surface area (Å²) in [4.78, 5) is 17.8. The molecule has 5 heteroatoms. The Morgan fingerprint density at radius 2 is 2.00 bits per heavy atom. The summed E-state index contributed by atoms with van der Waals surface area (Å²) in [5.41, 5.74) is 3.47. The average Bonchev–Trinajstić information content (AvgIpc) is 2.69. The highest BCUT2D eigenvalue weighted by Crippen LogP contribution is 2.30. The number of aldehydes is 1. The molecular weight excluding hydrogens is 328 g/mol. The van der Waals surface area contributed by atoms with Crippen LogP contribution in [0, 0.1) is 12.8 Å². The normalized spacial score (nSPS) is 15.1. The molecule has 1 aliphatic rings. The number of hydrogen-bond acceptors (Lipinski definition) is 5.